The summed E-state index contributed by atoms with van der Waals surface area (Å²) in [7, 11) is 1.54. The third-order valence-corrected chi connectivity index (χ3v) is 4.16. The fraction of sp³-hybridized carbons (Fsp3) is 0.312. The largest absolute Gasteiger partial charge is 0.497 e. The van der Waals surface area contributed by atoms with Gasteiger partial charge in [-0.05, 0) is 24.1 Å². The number of amides is 4. The van der Waals surface area contributed by atoms with Gasteiger partial charge in [-0.25, -0.2) is 4.79 Å². The van der Waals surface area contributed by atoms with Gasteiger partial charge in [0.2, 0.25) is 0 Å². The van der Waals surface area contributed by atoms with E-state index in [0.29, 0.717) is 17.9 Å². The van der Waals surface area contributed by atoms with Crippen molar-refractivity contribution < 1.29 is 19.1 Å². The molecular formula is C16H17N3O4. The van der Waals surface area contributed by atoms with Crippen molar-refractivity contribution in [1.82, 2.24) is 15.5 Å². The van der Waals surface area contributed by atoms with Gasteiger partial charge in [-0.15, -0.1) is 6.58 Å². The van der Waals surface area contributed by atoms with Crippen molar-refractivity contribution in [1.29, 1.82) is 0 Å². The van der Waals surface area contributed by atoms with E-state index in [1.54, 1.807) is 23.1 Å². The summed E-state index contributed by atoms with van der Waals surface area (Å²) in [4.78, 5) is 37.8. The molecule has 23 heavy (non-hydrogen) atoms. The van der Waals surface area contributed by atoms with Crippen molar-refractivity contribution >= 4 is 17.8 Å². The zero-order chi connectivity index (χ0) is 16.6. The van der Waals surface area contributed by atoms with E-state index >= 15 is 0 Å². The van der Waals surface area contributed by atoms with Crippen LogP contribution >= 0.6 is 0 Å². The number of methoxy groups -OCH3 is 1. The minimum Gasteiger partial charge on any atom is -0.497 e. The maximum Gasteiger partial charge on any atom is 0.322 e. The number of fused-ring (bicyclic) bond motifs is 1. The maximum atomic E-state index is 12.6. The third kappa shape index (κ3) is 2.44. The average Bonchev–Trinajstić information content (AvgIpc) is 2.97. The van der Waals surface area contributed by atoms with Gasteiger partial charge in [0.05, 0.1) is 13.7 Å². The monoisotopic (exact) mass is 315 g/mol. The van der Waals surface area contributed by atoms with Crippen LogP contribution in [0.1, 0.15) is 22.3 Å². The normalized spacial score (nSPS) is 22.7. The molecule has 0 spiro atoms. The molecule has 2 heterocycles. The Morgan fingerprint density at radius 1 is 1.39 bits per heavy atom. The number of ether oxygens (including phenoxy) is 1. The molecule has 0 bridgehead atoms. The van der Waals surface area contributed by atoms with Gasteiger partial charge in [0, 0.05) is 12.1 Å². The Morgan fingerprint density at radius 2 is 2.17 bits per heavy atom. The molecule has 1 aromatic carbocycles. The quantitative estimate of drug-likeness (QED) is 0.621. The first-order valence-corrected chi connectivity index (χ1v) is 7.20. The summed E-state index contributed by atoms with van der Waals surface area (Å²) in [6.07, 6.45) is 1.80. The first-order chi connectivity index (χ1) is 11.0. The lowest BCUT2D eigenvalue weighted by atomic mass is 9.94. The van der Waals surface area contributed by atoms with E-state index in [2.05, 4.69) is 17.2 Å². The van der Waals surface area contributed by atoms with Crippen molar-refractivity contribution in [2.45, 2.75) is 18.5 Å². The predicted octanol–water partition coefficient (Wildman–Crippen LogP) is 0.805. The van der Waals surface area contributed by atoms with Crippen LogP contribution in [0.4, 0.5) is 4.79 Å². The lowest BCUT2D eigenvalue weighted by molar-refractivity contribution is -0.124. The van der Waals surface area contributed by atoms with Crippen molar-refractivity contribution in [2.24, 2.45) is 0 Å². The molecule has 0 aliphatic carbocycles. The van der Waals surface area contributed by atoms with Crippen LogP contribution in [0.25, 0.3) is 0 Å². The van der Waals surface area contributed by atoms with Crippen LogP contribution in [0.5, 0.6) is 5.75 Å². The first-order valence-electron chi connectivity index (χ1n) is 7.20. The number of carbonyl (C=O) groups excluding carboxylic acids is 3. The van der Waals surface area contributed by atoms with E-state index in [0.717, 1.165) is 5.56 Å². The standard InChI is InChI=1S/C16H17N3O4/c1-3-6-16(14(21)17-15(22)18-16)9-19-8-10-4-5-11(23-2)7-12(10)13(19)20/h3-5,7H,1,6,8-9H2,2H3,(H2,17,18,21,22). The molecule has 1 saturated heterocycles. The van der Waals surface area contributed by atoms with Crippen LogP contribution in [-0.4, -0.2) is 41.9 Å². The van der Waals surface area contributed by atoms with Crippen LogP contribution in [0.15, 0.2) is 30.9 Å². The lowest BCUT2D eigenvalue weighted by Crippen LogP contribution is -2.55. The molecule has 2 aliphatic heterocycles. The topological polar surface area (TPSA) is 87.7 Å². The van der Waals surface area contributed by atoms with E-state index < -0.39 is 17.5 Å². The fourth-order valence-electron chi connectivity index (χ4n) is 3.01. The Morgan fingerprint density at radius 3 is 2.78 bits per heavy atom. The summed E-state index contributed by atoms with van der Waals surface area (Å²) >= 11 is 0. The first kappa shape index (κ1) is 15.1. The van der Waals surface area contributed by atoms with E-state index in [1.807, 2.05) is 6.07 Å². The van der Waals surface area contributed by atoms with E-state index in [-0.39, 0.29) is 18.9 Å². The molecule has 2 aliphatic rings. The number of hydrogen-bond donors (Lipinski definition) is 2. The number of urea groups is 1. The second kappa shape index (κ2) is 5.42. The van der Waals surface area contributed by atoms with Crippen LogP contribution < -0.4 is 15.4 Å². The van der Waals surface area contributed by atoms with Crippen molar-refractivity contribution in [3.63, 3.8) is 0 Å². The predicted molar refractivity (Wildman–Crippen MR) is 82.0 cm³/mol. The van der Waals surface area contributed by atoms with Crippen molar-refractivity contribution in [2.75, 3.05) is 13.7 Å². The highest BCUT2D eigenvalue weighted by Crippen LogP contribution is 2.29. The number of imide groups is 1. The van der Waals surface area contributed by atoms with Gasteiger partial charge < -0.3 is 15.0 Å². The van der Waals surface area contributed by atoms with Gasteiger partial charge in [0.25, 0.3) is 11.8 Å². The molecule has 0 saturated carbocycles. The van der Waals surface area contributed by atoms with Gasteiger partial charge in [-0.2, -0.15) is 0 Å². The second-order valence-corrected chi connectivity index (χ2v) is 5.67. The van der Waals surface area contributed by atoms with Crippen LogP contribution in [0.3, 0.4) is 0 Å². The summed E-state index contributed by atoms with van der Waals surface area (Å²) in [5, 5.41) is 4.85. The zero-order valence-corrected chi connectivity index (χ0v) is 12.7. The molecule has 7 nitrogen and oxygen atoms in total. The van der Waals surface area contributed by atoms with Crippen molar-refractivity contribution in [3.8, 4) is 5.75 Å². The fourth-order valence-corrected chi connectivity index (χ4v) is 3.01. The molecule has 0 aromatic heterocycles. The van der Waals surface area contributed by atoms with Crippen molar-refractivity contribution in [3.05, 3.63) is 42.0 Å². The summed E-state index contributed by atoms with van der Waals surface area (Å²) in [5.41, 5.74) is 0.262. The Labute approximate surface area is 133 Å². The van der Waals surface area contributed by atoms with Gasteiger partial charge in [-0.3, -0.25) is 14.9 Å². The Bertz CT molecular complexity index is 715. The number of carbonyl (C=O) groups is 3. The number of benzene rings is 1. The molecule has 1 aromatic rings. The molecule has 3 rings (SSSR count). The van der Waals surface area contributed by atoms with Crippen LogP contribution in [-0.2, 0) is 11.3 Å². The summed E-state index contributed by atoms with van der Waals surface area (Å²) in [6, 6.07) is 4.76. The van der Waals surface area contributed by atoms with E-state index in [4.69, 9.17) is 4.74 Å². The Hall–Kier alpha value is -2.83. The lowest BCUT2D eigenvalue weighted by Gasteiger charge is -2.29. The number of nitrogens with one attached hydrogen (secondary N) is 2. The number of hydrogen-bond acceptors (Lipinski definition) is 4. The molecule has 1 atom stereocenters. The summed E-state index contributed by atoms with van der Waals surface area (Å²) < 4.78 is 5.14. The smallest absolute Gasteiger partial charge is 0.322 e. The summed E-state index contributed by atoms with van der Waals surface area (Å²) in [6.45, 7) is 4.11. The highest BCUT2D eigenvalue weighted by atomic mass is 16.5. The summed E-state index contributed by atoms with van der Waals surface area (Å²) in [5.74, 6) is -0.0216. The molecule has 0 radical (unpaired) electrons. The van der Waals surface area contributed by atoms with E-state index in [9.17, 15) is 14.4 Å². The second-order valence-electron chi connectivity index (χ2n) is 5.67. The molecular weight excluding hydrogens is 298 g/mol. The number of nitrogens with zero attached hydrogens (tertiary/aromatic N) is 1. The molecule has 2 N–H and O–H groups in total. The maximum absolute atomic E-state index is 12.6. The highest BCUT2D eigenvalue weighted by Gasteiger charge is 2.48. The van der Waals surface area contributed by atoms with Gasteiger partial charge >= 0.3 is 6.03 Å². The van der Waals surface area contributed by atoms with E-state index in [1.165, 1.54) is 7.11 Å². The Balaban J connectivity index is 1.86. The minimum atomic E-state index is -1.17. The molecule has 4 amide bonds. The number of rotatable bonds is 5. The van der Waals surface area contributed by atoms with Gasteiger partial charge in [0.15, 0.2) is 0 Å². The van der Waals surface area contributed by atoms with Gasteiger partial charge in [0.1, 0.15) is 11.3 Å². The van der Waals surface area contributed by atoms with Crippen LogP contribution in [0, 0.1) is 0 Å². The van der Waals surface area contributed by atoms with Crippen LogP contribution in [0.2, 0.25) is 0 Å². The average molecular weight is 315 g/mol. The third-order valence-electron chi connectivity index (χ3n) is 4.16. The molecule has 120 valence electrons. The SMILES string of the molecule is C=CCC1(CN2Cc3ccc(OC)cc3C2=O)NC(=O)NC1=O. The molecule has 1 fully saturated rings. The Kier molecular flexibility index (Phi) is 3.55. The minimum absolute atomic E-state index is 0.0897. The zero-order valence-electron chi connectivity index (χ0n) is 12.7. The molecule has 7 heteroatoms. The van der Waals surface area contributed by atoms with Gasteiger partial charge in [-0.1, -0.05) is 12.1 Å². The highest BCUT2D eigenvalue weighted by molar-refractivity contribution is 6.08. The molecule has 1 unspecified atom stereocenters.